The highest BCUT2D eigenvalue weighted by Crippen LogP contribution is 2.33. The van der Waals surface area contributed by atoms with E-state index < -0.39 is 11.8 Å². The van der Waals surface area contributed by atoms with Crippen molar-refractivity contribution in [1.82, 2.24) is 0 Å². The first kappa shape index (κ1) is 17.9. The van der Waals surface area contributed by atoms with Crippen molar-refractivity contribution in [2.24, 2.45) is 0 Å². The number of ether oxygens (including phenoxy) is 5. The molecule has 0 unspecified atom stereocenters. The van der Waals surface area contributed by atoms with Gasteiger partial charge in [0.15, 0.2) is 13.6 Å². The Morgan fingerprint density at radius 1 is 1.05 bits per heavy atom. The van der Waals surface area contributed by atoms with Crippen LogP contribution in [0.2, 0.25) is 0 Å². The van der Waals surface area contributed by atoms with E-state index in [9.17, 15) is 9.59 Å². The minimum atomic E-state index is -0.974. The van der Waals surface area contributed by atoms with E-state index in [0.717, 1.165) is 0 Å². The fourth-order valence-electron chi connectivity index (χ4n) is 1.73. The summed E-state index contributed by atoms with van der Waals surface area (Å²) in [7, 11) is 2.90. The Kier molecular flexibility index (Phi) is 7.34. The van der Waals surface area contributed by atoms with E-state index in [4.69, 9.17) is 23.7 Å². The van der Waals surface area contributed by atoms with Crippen molar-refractivity contribution in [3.05, 3.63) is 23.3 Å². The number of carbonyl (C=O) groups excluding carboxylic acids is 2. The first-order chi connectivity index (χ1) is 10.6. The van der Waals surface area contributed by atoms with Gasteiger partial charge in [0.1, 0.15) is 17.1 Å². The molecule has 0 aromatic heterocycles. The summed E-state index contributed by atoms with van der Waals surface area (Å²) in [6.07, 6.45) is 0. The van der Waals surface area contributed by atoms with Crippen molar-refractivity contribution in [3.8, 4) is 11.5 Å². The number of rotatable bonds is 9. The molecule has 0 amide bonds. The summed E-state index contributed by atoms with van der Waals surface area (Å²) in [5.74, 6) is -1.43. The number of hydrogen-bond donors (Lipinski definition) is 0. The van der Waals surface area contributed by atoms with E-state index in [1.807, 2.05) is 0 Å². The van der Waals surface area contributed by atoms with Gasteiger partial charge in [0, 0.05) is 14.2 Å². The highest BCUT2D eigenvalue weighted by Gasteiger charge is 2.27. The molecule has 0 fully saturated rings. The van der Waals surface area contributed by atoms with Gasteiger partial charge in [0.25, 0.3) is 5.78 Å². The van der Waals surface area contributed by atoms with Gasteiger partial charge in [-0.15, -0.1) is 0 Å². The average molecular weight is 312 g/mol. The highest BCUT2D eigenvalue weighted by molar-refractivity contribution is 6.42. The molecule has 0 radical (unpaired) electrons. The summed E-state index contributed by atoms with van der Waals surface area (Å²) >= 11 is 0. The monoisotopic (exact) mass is 312 g/mol. The van der Waals surface area contributed by atoms with Gasteiger partial charge in [-0.1, -0.05) is 6.07 Å². The smallest absolute Gasteiger partial charge is 0.379 e. The molecule has 0 N–H and O–H groups in total. The number of esters is 1. The Balaban J connectivity index is 3.28. The molecule has 1 aromatic carbocycles. The minimum absolute atomic E-state index is 0.00690. The summed E-state index contributed by atoms with van der Waals surface area (Å²) in [6.45, 7) is 3.31. The zero-order chi connectivity index (χ0) is 16.5. The molecule has 0 saturated heterocycles. The van der Waals surface area contributed by atoms with Crippen LogP contribution in [-0.4, -0.2) is 46.2 Å². The maximum atomic E-state index is 12.3. The molecule has 22 heavy (non-hydrogen) atoms. The molecule has 7 heteroatoms. The maximum Gasteiger partial charge on any atom is 0.379 e. The van der Waals surface area contributed by atoms with Gasteiger partial charge in [0.2, 0.25) is 0 Å². The molecule has 0 aliphatic rings. The summed E-state index contributed by atoms with van der Waals surface area (Å²) in [5, 5.41) is 0. The van der Waals surface area contributed by atoms with Gasteiger partial charge >= 0.3 is 5.97 Å². The fourth-order valence-corrected chi connectivity index (χ4v) is 1.73. The third kappa shape index (κ3) is 4.44. The van der Waals surface area contributed by atoms with Crippen LogP contribution >= 0.6 is 0 Å². The molecule has 1 rings (SSSR count). The van der Waals surface area contributed by atoms with Crippen molar-refractivity contribution >= 4 is 11.8 Å². The number of carbonyl (C=O) groups is 2. The SMILES string of the molecule is CCOC(=O)C(=O)c1c(OCOC)ccc(C)c1OCOC. The molecule has 0 heterocycles. The number of benzene rings is 1. The standard InChI is InChI=1S/C15H20O7/c1-5-20-15(17)13(16)12-11(21-8-18-3)7-6-10(2)14(12)22-9-19-4/h6-7H,5,8-9H2,1-4H3. The molecule has 0 atom stereocenters. The van der Waals surface area contributed by atoms with Gasteiger partial charge in [-0.2, -0.15) is 0 Å². The van der Waals surface area contributed by atoms with E-state index in [1.165, 1.54) is 14.2 Å². The molecule has 0 bridgehead atoms. The normalized spacial score (nSPS) is 10.2. The fraction of sp³-hybridized carbons (Fsp3) is 0.467. The van der Waals surface area contributed by atoms with Gasteiger partial charge in [-0.25, -0.2) is 4.79 Å². The molecule has 0 spiro atoms. The second-order valence-electron chi connectivity index (χ2n) is 4.24. The molecular formula is C15H20O7. The van der Waals surface area contributed by atoms with Crippen LogP contribution in [-0.2, 0) is 19.0 Å². The molecule has 122 valence electrons. The Hall–Kier alpha value is -2.12. The van der Waals surface area contributed by atoms with Gasteiger partial charge in [-0.3, -0.25) is 4.79 Å². The van der Waals surface area contributed by atoms with Gasteiger partial charge < -0.3 is 23.7 Å². The number of hydrogen-bond acceptors (Lipinski definition) is 7. The van der Waals surface area contributed by atoms with Crippen LogP contribution < -0.4 is 9.47 Å². The summed E-state index contributed by atoms with van der Waals surface area (Å²) in [5.41, 5.74) is 0.655. The van der Waals surface area contributed by atoms with Crippen LogP contribution in [0.3, 0.4) is 0 Å². The minimum Gasteiger partial charge on any atom is -0.467 e. The van der Waals surface area contributed by atoms with Crippen LogP contribution in [0.25, 0.3) is 0 Å². The third-order valence-corrected chi connectivity index (χ3v) is 2.66. The van der Waals surface area contributed by atoms with Crippen LogP contribution in [0.15, 0.2) is 12.1 Å². The maximum absolute atomic E-state index is 12.3. The molecule has 0 aliphatic carbocycles. The van der Waals surface area contributed by atoms with Crippen molar-refractivity contribution in [2.45, 2.75) is 13.8 Å². The van der Waals surface area contributed by atoms with E-state index in [0.29, 0.717) is 5.56 Å². The topological polar surface area (TPSA) is 80.3 Å². The lowest BCUT2D eigenvalue weighted by Crippen LogP contribution is -2.20. The predicted octanol–water partition coefficient (Wildman–Crippen LogP) is 1.71. The summed E-state index contributed by atoms with van der Waals surface area (Å²) in [4.78, 5) is 24.1. The molecule has 0 saturated carbocycles. The lowest BCUT2D eigenvalue weighted by molar-refractivity contribution is -0.137. The highest BCUT2D eigenvalue weighted by atomic mass is 16.7. The Bertz CT molecular complexity index is 525. The number of ketones is 1. The van der Waals surface area contributed by atoms with Crippen molar-refractivity contribution in [1.29, 1.82) is 0 Å². The zero-order valence-electron chi connectivity index (χ0n) is 13.1. The van der Waals surface area contributed by atoms with Crippen molar-refractivity contribution in [2.75, 3.05) is 34.4 Å². The first-order valence-electron chi connectivity index (χ1n) is 6.65. The largest absolute Gasteiger partial charge is 0.467 e. The lowest BCUT2D eigenvalue weighted by atomic mass is 10.0. The second kappa shape index (κ2) is 9.01. The van der Waals surface area contributed by atoms with E-state index >= 15 is 0 Å². The van der Waals surface area contributed by atoms with Crippen LogP contribution in [0.1, 0.15) is 22.8 Å². The average Bonchev–Trinajstić information content (AvgIpc) is 2.51. The number of Topliss-reactive ketones (excluding diaryl/α,β-unsaturated/α-hetero) is 1. The predicted molar refractivity (Wildman–Crippen MR) is 77.2 cm³/mol. The van der Waals surface area contributed by atoms with Crippen LogP contribution in [0.5, 0.6) is 11.5 Å². The van der Waals surface area contributed by atoms with Gasteiger partial charge in [0.05, 0.1) is 6.61 Å². The zero-order valence-corrected chi connectivity index (χ0v) is 13.1. The number of aryl methyl sites for hydroxylation is 1. The molecule has 7 nitrogen and oxygen atoms in total. The van der Waals surface area contributed by atoms with E-state index in [2.05, 4.69) is 0 Å². The second-order valence-corrected chi connectivity index (χ2v) is 4.24. The number of methoxy groups -OCH3 is 2. The summed E-state index contributed by atoms with van der Waals surface area (Å²) < 4.78 is 25.2. The molecule has 1 aromatic rings. The van der Waals surface area contributed by atoms with Crippen LogP contribution in [0, 0.1) is 6.92 Å². The summed E-state index contributed by atoms with van der Waals surface area (Å²) in [6, 6.07) is 3.28. The Labute approximate surface area is 129 Å². The van der Waals surface area contributed by atoms with E-state index in [1.54, 1.807) is 26.0 Å². The van der Waals surface area contributed by atoms with Crippen molar-refractivity contribution < 1.29 is 33.3 Å². The lowest BCUT2D eigenvalue weighted by Gasteiger charge is -2.16. The Morgan fingerprint density at radius 3 is 2.27 bits per heavy atom. The quantitative estimate of drug-likeness (QED) is 0.297. The van der Waals surface area contributed by atoms with Crippen LogP contribution in [0.4, 0.5) is 0 Å². The first-order valence-corrected chi connectivity index (χ1v) is 6.65. The molecule has 0 aliphatic heterocycles. The molecular weight excluding hydrogens is 292 g/mol. The van der Waals surface area contributed by atoms with Gasteiger partial charge in [-0.05, 0) is 25.5 Å². The Morgan fingerprint density at radius 2 is 1.68 bits per heavy atom. The van der Waals surface area contributed by atoms with Crippen molar-refractivity contribution in [3.63, 3.8) is 0 Å². The third-order valence-electron chi connectivity index (χ3n) is 2.66. The van der Waals surface area contributed by atoms with E-state index in [-0.39, 0.29) is 37.3 Å².